The fourth-order valence-corrected chi connectivity index (χ4v) is 7.77. The minimum atomic E-state index is -1.19. The molecule has 4 heterocycles. The first-order valence-electron chi connectivity index (χ1n) is 9.55. The minimum absolute atomic E-state index is 0.142. The zero-order chi connectivity index (χ0) is 21.0. The summed E-state index contributed by atoms with van der Waals surface area (Å²) in [5.74, 6) is -1.19. The van der Waals surface area contributed by atoms with Gasteiger partial charge in [0.25, 0.3) is 0 Å². The number of aliphatic carboxylic acids is 1. The summed E-state index contributed by atoms with van der Waals surface area (Å²) in [5.41, 5.74) is 3.75. The van der Waals surface area contributed by atoms with Crippen molar-refractivity contribution in [2.45, 2.75) is 32.2 Å². The Morgan fingerprint density at radius 1 is 1.17 bits per heavy atom. The van der Waals surface area contributed by atoms with Gasteiger partial charge in [0.1, 0.15) is 11.6 Å². The van der Waals surface area contributed by atoms with E-state index in [1.54, 1.807) is 40.1 Å². The van der Waals surface area contributed by atoms with Crippen LogP contribution < -0.4 is 5.32 Å². The largest absolute Gasteiger partial charge is 0.477 e. The van der Waals surface area contributed by atoms with Crippen LogP contribution in [0.5, 0.6) is 0 Å². The van der Waals surface area contributed by atoms with Crippen LogP contribution in [0.3, 0.4) is 0 Å². The Balaban J connectivity index is 1.53. The number of hydrogen-bond donors (Lipinski definition) is 2. The molecule has 2 N–H and O–H groups in total. The second-order valence-electron chi connectivity index (χ2n) is 8.10. The van der Waals surface area contributed by atoms with Crippen molar-refractivity contribution in [2.24, 2.45) is 0 Å². The van der Waals surface area contributed by atoms with E-state index in [-0.39, 0.29) is 11.1 Å². The average molecular weight is 451 g/mol. The second kappa shape index (κ2) is 6.95. The first-order chi connectivity index (χ1) is 14.3. The van der Waals surface area contributed by atoms with E-state index in [1.807, 2.05) is 6.07 Å². The van der Waals surface area contributed by atoms with Crippen molar-refractivity contribution in [1.82, 2.24) is 0 Å². The smallest absolute Gasteiger partial charge is 0.346 e. The quantitative estimate of drug-likeness (QED) is 0.261. The van der Waals surface area contributed by atoms with Gasteiger partial charge in [0.15, 0.2) is 0 Å². The van der Waals surface area contributed by atoms with Gasteiger partial charge >= 0.3 is 5.97 Å². The van der Waals surface area contributed by atoms with Gasteiger partial charge in [-0.3, -0.25) is 0 Å². The Bertz CT molecular complexity index is 1400. The van der Waals surface area contributed by atoms with E-state index in [9.17, 15) is 4.79 Å². The molecule has 0 atom stereocenters. The molecule has 3 aromatic heterocycles. The zero-order valence-electron chi connectivity index (χ0n) is 16.4. The summed E-state index contributed by atoms with van der Waals surface area (Å²) in [7, 11) is 0. The number of nitrogens with one attached hydrogen (secondary N) is 1. The zero-order valence-corrected chi connectivity index (χ0v) is 18.9. The lowest BCUT2D eigenvalue weighted by Crippen LogP contribution is -2.35. The highest BCUT2D eigenvalue weighted by Crippen LogP contribution is 2.47. The van der Waals surface area contributed by atoms with Crippen molar-refractivity contribution in [3.05, 3.63) is 46.3 Å². The number of fused-ring (bicyclic) bond motifs is 4. The lowest BCUT2D eigenvalue weighted by atomic mass is 9.88. The molecule has 4 nitrogen and oxygen atoms in total. The SMILES string of the molecule is CC1(C)CCc2cc(-c3cc4sc5cc(/C=C(/C#N)C(=O)O)sc5c4s3)ccc2N1. The van der Waals surface area contributed by atoms with Gasteiger partial charge in [-0.2, -0.15) is 5.26 Å². The van der Waals surface area contributed by atoms with Crippen LogP contribution in [0.1, 0.15) is 30.7 Å². The van der Waals surface area contributed by atoms with Crippen molar-refractivity contribution >= 4 is 70.5 Å². The van der Waals surface area contributed by atoms with Gasteiger partial charge in [-0.25, -0.2) is 4.79 Å². The van der Waals surface area contributed by atoms with Gasteiger partial charge < -0.3 is 10.4 Å². The monoisotopic (exact) mass is 450 g/mol. The molecule has 1 aliphatic heterocycles. The molecular formula is C23H18N2O2S3. The Hall–Kier alpha value is -2.66. The maximum absolute atomic E-state index is 11.1. The van der Waals surface area contributed by atoms with Crippen LogP contribution in [0.4, 0.5) is 5.69 Å². The number of rotatable bonds is 3. The molecule has 1 aliphatic rings. The van der Waals surface area contributed by atoms with Gasteiger partial charge in [0.2, 0.25) is 0 Å². The van der Waals surface area contributed by atoms with Gasteiger partial charge in [0, 0.05) is 30.4 Å². The van der Waals surface area contributed by atoms with E-state index in [0.29, 0.717) is 0 Å². The Morgan fingerprint density at radius 2 is 1.93 bits per heavy atom. The molecule has 0 aliphatic carbocycles. The van der Waals surface area contributed by atoms with Gasteiger partial charge in [-0.1, -0.05) is 6.07 Å². The lowest BCUT2D eigenvalue weighted by molar-refractivity contribution is -0.132. The normalized spacial score (nSPS) is 15.7. The third-order valence-corrected chi connectivity index (χ3v) is 9.13. The number of carbonyl (C=O) groups is 1. The van der Waals surface area contributed by atoms with Crippen LogP contribution >= 0.6 is 34.0 Å². The van der Waals surface area contributed by atoms with Crippen LogP contribution in [-0.4, -0.2) is 16.6 Å². The standard InChI is InChI=1S/C23H18N2O2S3/c1-23(2)6-5-12-7-13(3-4-16(12)25-23)17-10-19-21(30-17)20-18(29-19)9-15(28-20)8-14(11-24)22(26)27/h3-4,7-10,25H,5-6H2,1-2H3,(H,26,27)/b14-8-. The number of anilines is 1. The van der Waals surface area contributed by atoms with Crippen LogP contribution in [0.2, 0.25) is 0 Å². The highest BCUT2D eigenvalue weighted by Gasteiger charge is 2.24. The molecule has 4 aromatic rings. The Morgan fingerprint density at radius 3 is 2.70 bits per heavy atom. The lowest BCUT2D eigenvalue weighted by Gasteiger charge is -2.34. The molecular weight excluding hydrogens is 432 g/mol. The van der Waals surface area contributed by atoms with E-state index in [1.165, 1.54) is 41.9 Å². The average Bonchev–Trinajstić information content (AvgIpc) is 3.35. The van der Waals surface area contributed by atoms with Crippen molar-refractivity contribution in [3.8, 4) is 16.5 Å². The van der Waals surface area contributed by atoms with Gasteiger partial charge in [-0.15, -0.1) is 34.0 Å². The first kappa shape index (κ1) is 19.3. The summed E-state index contributed by atoms with van der Waals surface area (Å²) < 4.78 is 4.79. The number of nitriles is 1. The molecule has 5 rings (SSSR count). The third kappa shape index (κ3) is 3.31. The number of aryl methyl sites for hydroxylation is 1. The predicted octanol–water partition coefficient (Wildman–Crippen LogP) is 6.97. The van der Waals surface area contributed by atoms with Crippen molar-refractivity contribution in [1.29, 1.82) is 5.26 Å². The minimum Gasteiger partial charge on any atom is -0.477 e. The summed E-state index contributed by atoms with van der Waals surface area (Å²) in [4.78, 5) is 13.2. The van der Waals surface area contributed by atoms with E-state index in [2.05, 4.69) is 43.4 Å². The first-order valence-corrected chi connectivity index (χ1v) is 12.0. The molecule has 0 fully saturated rings. The molecule has 0 spiro atoms. The van der Waals surface area contributed by atoms with Crippen LogP contribution in [0.15, 0.2) is 35.9 Å². The number of carboxylic acid groups (broad SMARTS) is 1. The second-order valence-corrected chi connectivity index (χ2v) is 11.3. The van der Waals surface area contributed by atoms with Crippen LogP contribution in [0.25, 0.3) is 35.3 Å². The molecule has 0 unspecified atom stereocenters. The molecule has 7 heteroatoms. The maximum Gasteiger partial charge on any atom is 0.346 e. The number of carboxylic acids is 1. The van der Waals surface area contributed by atoms with Crippen molar-refractivity contribution in [3.63, 3.8) is 0 Å². The van der Waals surface area contributed by atoms with Crippen LogP contribution in [-0.2, 0) is 11.2 Å². The molecule has 0 saturated carbocycles. The highest BCUT2D eigenvalue weighted by atomic mass is 32.1. The molecule has 1 aromatic carbocycles. The fourth-order valence-electron chi connectivity index (χ4n) is 3.80. The summed E-state index contributed by atoms with van der Waals surface area (Å²) in [5, 5.41) is 21.7. The Labute approximate surface area is 185 Å². The topological polar surface area (TPSA) is 73.1 Å². The summed E-state index contributed by atoms with van der Waals surface area (Å²) >= 11 is 5.04. The molecule has 30 heavy (non-hydrogen) atoms. The van der Waals surface area contributed by atoms with Crippen LogP contribution in [0, 0.1) is 11.3 Å². The van der Waals surface area contributed by atoms with E-state index in [0.717, 1.165) is 22.4 Å². The molecule has 0 radical (unpaired) electrons. The van der Waals surface area contributed by atoms with Crippen molar-refractivity contribution < 1.29 is 9.90 Å². The number of benzene rings is 1. The predicted molar refractivity (Wildman–Crippen MR) is 128 cm³/mol. The van der Waals surface area contributed by atoms with E-state index in [4.69, 9.17) is 10.4 Å². The summed E-state index contributed by atoms with van der Waals surface area (Å²) in [6.45, 7) is 4.48. The number of nitrogens with zero attached hydrogens (tertiary/aromatic N) is 1. The fraction of sp³-hybridized carbons (Fsp3) is 0.217. The maximum atomic E-state index is 11.1. The Kier molecular flexibility index (Phi) is 4.47. The third-order valence-electron chi connectivity index (χ3n) is 5.36. The number of thiophene rings is 3. The summed E-state index contributed by atoms with van der Waals surface area (Å²) in [6, 6.07) is 12.7. The molecule has 0 amide bonds. The van der Waals surface area contributed by atoms with E-state index < -0.39 is 5.97 Å². The molecule has 0 bridgehead atoms. The van der Waals surface area contributed by atoms with Gasteiger partial charge in [-0.05, 0) is 68.2 Å². The van der Waals surface area contributed by atoms with Crippen molar-refractivity contribution in [2.75, 3.05) is 5.32 Å². The molecule has 0 saturated heterocycles. The van der Waals surface area contributed by atoms with Gasteiger partial charge in [0.05, 0.1) is 9.40 Å². The highest BCUT2D eigenvalue weighted by molar-refractivity contribution is 7.39. The molecule has 150 valence electrons. The van der Waals surface area contributed by atoms with E-state index >= 15 is 0 Å². The number of hydrogen-bond acceptors (Lipinski definition) is 6. The summed E-state index contributed by atoms with van der Waals surface area (Å²) in [6.07, 6.45) is 3.66.